The summed E-state index contributed by atoms with van der Waals surface area (Å²) in [5.41, 5.74) is 1.62. The van der Waals surface area contributed by atoms with E-state index >= 15 is 0 Å². The van der Waals surface area contributed by atoms with Crippen LogP contribution in [0.3, 0.4) is 0 Å². The highest BCUT2D eigenvalue weighted by molar-refractivity contribution is 6.04. The van der Waals surface area contributed by atoms with E-state index in [-0.39, 0.29) is 37.1 Å². The SMILES string of the molecule is COc1ccc(C)cc1N1CC(C(=O)Nc2ccn(CC(=O)O)n2)CC1=O. The maximum atomic E-state index is 12.5. The first-order chi connectivity index (χ1) is 12.9. The minimum Gasteiger partial charge on any atom is -0.495 e. The number of hydrogen-bond donors (Lipinski definition) is 2. The highest BCUT2D eigenvalue weighted by Crippen LogP contribution is 2.34. The van der Waals surface area contributed by atoms with Crippen molar-refractivity contribution >= 4 is 29.3 Å². The van der Waals surface area contributed by atoms with Gasteiger partial charge in [0.1, 0.15) is 12.3 Å². The number of nitrogens with one attached hydrogen (secondary N) is 1. The summed E-state index contributed by atoms with van der Waals surface area (Å²) in [7, 11) is 1.53. The van der Waals surface area contributed by atoms with Gasteiger partial charge < -0.3 is 20.1 Å². The largest absolute Gasteiger partial charge is 0.495 e. The number of anilines is 2. The zero-order valence-corrected chi connectivity index (χ0v) is 15.0. The number of hydrogen-bond acceptors (Lipinski definition) is 5. The van der Waals surface area contributed by atoms with Crippen molar-refractivity contribution in [2.45, 2.75) is 19.9 Å². The molecule has 9 nitrogen and oxygen atoms in total. The minimum atomic E-state index is -1.03. The summed E-state index contributed by atoms with van der Waals surface area (Å²) in [6, 6.07) is 7.05. The molecule has 9 heteroatoms. The Kier molecular flexibility index (Phi) is 5.11. The third-order valence-electron chi connectivity index (χ3n) is 4.31. The fraction of sp³-hybridized carbons (Fsp3) is 0.333. The number of carboxylic acids is 1. The molecule has 142 valence electrons. The molecule has 1 aromatic heterocycles. The number of aromatic nitrogens is 2. The Bertz CT molecular complexity index is 892. The normalized spacial score (nSPS) is 16.4. The molecule has 1 aromatic carbocycles. The van der Waals surface area contributed by atoms with Crippen LogP contribution in [-0.2, 0) is 20.9 Å². The first-order valence-corrected chi connectivity index (χ1v) is 8.38. The molecule has 1 saturated heterocycles. The van der Waals surface area contributed by atoms with Gasteiger partial charge in [-0.2, -0.15) is 5.10 Å². The predicted molar refractivity (Wildman–Crippen MR) is 96.7 cm³/mol. The highest BCUT2D eigenvalue weighted by Gasteiger charge is 2.36. The average Bonchev–Trinajstić information content (AvgIpc) is 3.20. The number of benzene rings is 1. The summed E-state index contributed by atoms with van der Waals surface area (Å²) >= 11 is 0. The van der Waals surface area contributed by atoms with Gasteiger partial charge in [0, 0.05) is 25.2 Å². The van der Waals surface area contributed by atoms with Gasteiger partial charge in [-0.15, -0.1) is 0 Å². The number of aliphatic carboxylic acids is 1. The number of nitrogens with zero attached hydrogens (tertiary/aromatic N) is 3. The minimum absolute atomic E-state index is 0.0821. The molecule has 3 rings (SSSR count). The van der Waals surface area contributed by atoms with Crippen molar-refractivity contribution in [3.05, 3.63) is 36.0 Å². The van der Waals surface area contributed by atoms with Crippen LogP contribution in [0, 0.1) is 12.8 Å². The van der Waals surface area contributed by atoms with Crippen molar-refractivity contribution in [3.63, 3.8) is 0 Å². The number of carbonyl (C=O) groups excluding carboxylic acids is 2. The zero-order valence-electron chi connectivity index (χ0n) is 15.0. The number of rotatable bonds is 6. The summed E-state index contributed by atoms with van der Waals surface area (Å²) in [6.45, 7) is 1.86. The van der Waals surface area contributed by atoms with Crippen molar-refractivity contribution in [1.82, 2.24) is 9.78 Å². The van der Waals surface area contributed by atoms with Crippen LogP contribution in [0.5, 0.6) is 5.75 Å². The molecule has 2 heterocycles. The second kappa shape index (κ2) is 7.48. The lowest BCUT2D eigenvalue weighted by molar-refractivity contribution is -0.137. The van der Waals surface area contributed by atoms with E-state index in [0.717, 1.165) is 5.56 Å². The number of carbonyl (C=O) groups is 3. The van der Waals surface area contributed by atoms with Crippen molar-refractivity contribution in [3.8, 4) is 5.75 Å². The van der Waals surface area contributed by atoms with Gasteiger partial charge in [-0.1, -0.05) is 6.07 Å². The monoisotopic (exact) mass is 372 g/mol. The Morgan fingerprint density at radius 3 is 2.85 bits per heavy atom. The third-order valence-corrected chi connectivity index (χ3v) is 4.31. The van der Waals surface area contributed by atoms with Crippen LogP contribution in [0.1, 0.15) is 12.0 Å². The van der Waals surface area contributed by atoms with E-state index in [4.69, 9.17) is 9.84 Å². The second-order valence-corrected chi connectivity index (χ2v) is 6.36. The summed E-state index contributed by atoms with van der Waals surface area (Å²) in [6.07, 6.45) is 1.55. The molecule has 0 aliphatic carbocycles. The van der Waals surface area contributed by atoms with E-state index < -0.39 is 11.9 Å². The molecule has 2 amide bonds. The maximum Gasteiger partial charge on any atom is 0.325 e. The van der Waals surface area contributed by atoms with Gasteiger partial charge in [-0.3, -0.25) is 19.1 Å². The van der Waals surface area contributed by atoms with Gasteiger partial charge >= 0.3 is 5.97 Å². The van der Waals surface area contributed by atoms with Gasteiger partial charge in [0.2, 0.25) is 11.8 Å². The van der Waals surface area contributed by atoms with E-state index in [1.54, 1.807) is 11.0 Å². The van der Waals surface area contributed by atoms with Crippen molar-refractivity contribution in [2.24, 2.45) is 5.92 Å². The molecule has 0 saturated carbocycles. The molecule has 1 unspecified atom stereocenters. The molecule has 1 fully saturated rings. The van der Waals surface area contributed by atoms with E-state index in [1.807, 2.05) is 19.1 Å². The van der Waals surface area contributed by atoms with Crippen LogP contribution in [-0.4, -0.2) is 46.3 Å². The lowest BCUT2D eigenvalue weighted by Gasteiger charge is -2.20. The van der Waals surface area contributed by atoms with E-state index in [1.165, 1.54) is 24.1 Å². The van der Waals surface area contributed by atoms with Crippen LogP contribution in [0.25, 0.3) is 0 Å². The Labute approximate surface area is 155 Å². The Balaban J connectivity index is 1.70. The van der Waals surface area contributed by atoms with E-state index in [9.17, 15) is 14.4 Å². The lowest BCUT2D eigenvalue weighted by atomic mass is 10.1. The topological polar surface area (TPSA) is 114 Å². The van der Waals surface area contributed by atoms with Crippen LogP contribution in [0.15, 0.2) is 30.5 Å². The van der Waals surface area contributed by atoms with Gasteiger partial charge in [0.05, 0.1) is 18.7 Å². The molecular weight excluding hydrogens is 352 g/mol. The van der Waals surface area contributed by atoms with Crippen molar-refractivity contribution in [1.29, 1.82) is 0 Å². The van der Waals surface area contributed by atoms with Gasteiger partial charge in [0.15, 0.2) is 5.82 Å². The second-order valence-electron chi connectivity index (χ2n) is 6.36. The third kappa shape index (κ3) is 4.08. The van der Waals surface area contributed by atoms with Crippen LogP contribution in [0.2, 0.25) is 0 Å². The summed E-state index contributed by atoms with van der Waals surface area (Å²) in [5.74, 6) is -1.23. The molecule has 0 radical (unpaired) electrons. The Morgan fingerprint density at radius 2 is 2.15 bits per heavy atom. The maximum absolute atomic E-state index is 12.5. The van der Waals surface area contributed by atoms with Gasteiger partial charge in [0.25, 0.3) is 0 Å². The number of amides is 2. The summed E-state index contributed by atoms with van der Waals surface area (Å²) in [5, 5.41) is 15.4. The first kappa shape index (κ1) is 18.4. The number of carboxylic acid groups (broad SMARTS) is 1. The molecule has 1 atom stereocenters. The molecule has 1 aliphatic rings. The zero-order chi connectivity index (χ0) is 19.6. The number of methoxy groups -OCH3 is 1. The lowest BCUT2D eigenvalue weighted by Crippen LogP contribution is -2.28. The number of ether oxygens (including phenoxy) is 1. The first-order valence-electron chi connectivity index (χ1n) is 8.38. The van der Waals surface area contributed by atoms with E-state index in [0.29, 0.717) is 11.4 Å². The molecule has 2 N–H and O–H groups in total. The Morgan fingerprint density at radius 1 is 1.37 bits per heavy atom. The predicted octanol–water partition coefficient (Wildman–Crippen LogP) is 1.28. The standard InChI is InChI=1S/C18H20N4O5/c1-11-3-4-14(27-2)13(7-11)22-9-12(8-16(22)23)18(26)19-15-5-6-21(20-15)10-17(24)25/h3-7,12H,8-10H2,1-2H3,(H,24,25)(H,19,20,26). The molecular formula is C18H20N4O5. The Hall–Kier alpha value is -3.36. The smallest absolute Gasteiger partial charge is 0.325 e. The highest BCUT2D eigenvalue weighted by atomic mass is 16.5. The average molecular weight is 372 g/mol. The van der Waals surface area contributed by atoms with Crippen molar-refractivity contribution in [2.75, 3.05) is 23.9 Å². The fourth-order valence-corrected chi connectivity index (χ4v) is 3.01. The van der Waals surface area contributed by atoms with Crippen LogP contribution >= 0.6 is 0 Å². The summed E-state index contributed by atoms with van der Waals surface area (Å²) in [4.78, 5) is 37.2. The van der Waals surface area contributed by atoms with Gasteiger partial charge in [-0.25, -0.2) is 0 Å². The quantitative estimate of drug-likeness (QED) is 0.789. The van der Waals surface area contributed by atoms with E-state index in [2.05, 4.69) is 10.4 Å². The molecule has 27 heavy (non-hydrogen) atoms. The summed E-state index contributed by atoms with van der Waals surface area (Å²) < 4.78 is 6.54. The molecule has 2 aromatic rings. The van der Waals surface area contributed by atoms with Crippen LogP contribution < -0.4 is 15.0 Å². The molecule has 0 spiro atoms. The van der Waals surface area contributed by atoms with Gasteiger partial charge in [-0.05, 0) is 24.6 Å². The van der Waals surface area contributed by atoms with Crippen LogP contribution in [0.4, 0.5) is 11.5 Å². The molecule has 1 aliphatic heterocycles. The van der Waals surface area contributed by atoms with Crippen molar-refractivity contribution < 1.29 is 24.2 Å². The molecule has 0 bridgehead atoms. The number of aryl methyl sites for hydroxylation is 1. The fourth-order valence-electron chi connectivity index (χ4n) is 3.01.